The number of rotatable bonds is 4. The number of carbonyl (C=O) groups is 1. The number of nitrogens with two attached hydrogens (primary N) is 1. The fourth-order valence-corrected chi connectivity index (χ4v) is 1.87. The van der Waals surface area contributed by atoms with Crippen LogP contribution in [-0.2, 0) is 22.7 Å². The number of hydrogen-bond donors (Lipinski definition) is 1. The zero-order chi connectivity index (χ0) is 14.7. The highest BCUT2D eigenvalue weighted by atomic mass is 16.5. The van der Waals surface area contributed by atoms with Crippen LogP contribution < -0.4 is 5.73 Å². The third-order valence-electron chi connectivity index (χ3n) is 3.04. The molecule has 0 atom stereocenters. The number of aryl methyl sites for hydroxylation is 2. The van der Waals surface area contributed by atoms with E-state index in [0.717, 1.165) is 22.8 Å². The van der Waals surface area contributed by atoms with Crippen molar-refractivity contribution in [2.24, 2.45) is 0 Å². The van der Waals surface area contributed by atoms with Crippen molar-refractivity contribution in [1.29, 1.82) is 0 Å². The second-order valence-electron chi connectivity index (χ2n) is 4.67. The summed E-state index contributed by atoms with van der Waals surface area (Å²) in [6.45, 7) is 5.74. The highest BCUT2D eigenvalue weighted by molar-refractivity contribution is 5.69. The first-order valence-corrected chi connectivity index (χ1v) is 6.35. The van der Waals surface area contributed by atoms with Crippen LogP contribution in [0.1, 0.15) is 22.8 Å². The van der Waals surface area contributed by atoms with Crippen LogP contribution in [0.2, 0.25) is 0 Å². The molecule has 0 aromatic carbocycles. The van der Waals surface area contributed by atoms with Crippen LogP contribution in [0.25, 0.3) is 0 Å². The van der Waals surface area contributed by atoms with Gasteiger partial charge in [0.1, 0.15) is 13.2 Å². The van der Waals surface area contributed by atoms with Crippen LogP contribution >= 0.6 is 0 Å². The maximum atomic E-state index is 11.8. The Hall–Kier alpha value is -2.37. The first-order chi connectivity index (χ1) is 9.47. The van der Waals surface area contributed by atoms with Crippen molar-refractivity contribution in [2.75, 3.05) is 5.73 Å². The summed E-state index contributed by atoms with van der Waals surface area (Å²) in [4.78, 5) is 16.1. The van der Waals surface area contributed by atoms with E-state index >= 15 is 0 Å². The number of aromatic nitrogens is 3. The summed E-state index contributed by atoms with van der Waals surface area (Å²) in [5.41, 5.74) is 9.54. The minimum absolute atomic E-state index is 0.0513. The lowest BCUT2D eigenvalue weighted by Crippen LogP contribution is -2.16. The van der Waals surface area contributed by atoms with Gasteiger partial charge < -0.3 is 10.5 Å². The summed E-state index contributed by atoms with van der Waals surface area (Å²) in [6, 6.07) is 5.60. The van der Waals surface area contributed by atoms with E-state index in [-0.39, 0.29) is 19.1 Å². The lowest BCUT2D eigenvalue weighted by atomic mass is 10.3. The van der Waals surface area contributed by atoms with Gasteiger partial charge in [-0.05, 0) is 32.9 Å². The number of nitrogen functional groups attached to an aromatic ring is 1. The van der Waals surface area contributed by atoms with E-state index in [0.29, 0.717) is 5.69 Å². The molecule has 20 heavy (non-hydrogen) atoms. The predicted octanol–water partition coefficient (Wildman–Crippen LogP) is 1.53. The van der Waals surface area contributed by atoms with Gasteiger partial charge in [-0.1, -0.05) is 6.07 Å². The molecule has 2 heterocycles. The number of ether oxygens (including phenoxy) is 1. The van der Waals surface area contributed by atoms with Crippen molar-refractivity contribution in [3.8, 4) is 0 Å². The maximum Gasteiger partial charge on any atom is 0.328 e. The van der Waals surface area contributed by atoms with Gasteiger partial charge in [-0.25, -0.2) is 0 Å². The Morgan fingerprint density at radius 3 is 2.70 bits per heavy atom. The fourth-order valence-electron chi connectivity index (χ4n) is 1.87. The molecule has 0 spiro atoms. The van der Waals surface area contributed by atoms with Crippen molar-refractivity contribution >= 4 is 11.7 Å². The van der Waals surface area contributed by atoms with E-state index in [1.165, 1.54) is 0 Å². The average molecular weight is 274 g/mol. The molecule has 6 nitrogen and oxygen atoms in total. The Labute approximate surface area is 117 Å². The van der Waals surface area contributed by atoms with Gasteiger partial charge in [-0.2, -0.15) is 5.10 Å². The minimum Gasteiger partial charge on any atom is -0.458 e. The predicted molar refractivity (Wildman–Crippen MR) is 74.9 cm³/mol. The van der Waals surface area contributed by atoms with Gasteiger partial charge in [-0.15, -0.1) is 0 Å². The highest BCUT2D eigenvalue weighted by Crippen LogP contribution is 2.14. The summed E-state index contributed by atoms with van der Waals surface area (Å²) in [7, 11) is 0. The molecule has 0 bridgehead atoms. The van der Waals surface area contributed by atoms with E-state index in [9.17, 15) is 4.79 Å². The van der Waals surface area contributed by atoms with E-state index < -0.39 is 0 Å². The summed E-state index contributed by atoms with van der Waals surface area (Å²) in [5.74, 6) is -0.362. The molecule has 0 aliphatic carbocycles. The lowest BCUT2D eigenvalue weighted by molar-refractivity contribution is -0.146. The molecule has 0 saturated carbocycles. The number of pyridine rings is 1. The second kappa shape index (κ2) is 5.73. The van der Waals surface area contributed by atoms with Crippen LogP contribution in [-0.4, -0.2) is 20.7 Å². The summed E-state index contributed by atoms with van der Waals surface area (Å²) >= 11 is 0. The van der Waals surface area contributed by atoms with E-state index in [1.54, 1.807) is 11.6 Å². The highest BCUT2D eigenvalue weighted by Gasteiger charge is 2.12. The van der Waals surface area contributed by atoms with E-state index in [2.05, 4.69) is 10.1 Å². The van der Waals surface area contributed by atoms with Crippen LogP contribution in [0.5, 0.6) is 0 Å². The monoisotopic (exact) mass is 274 g/mol. The van der Waals surface area contributed by atoms with Gasteiger partial charge in [0.25, 0.3) is 0 Å². The second-order valence-corrected chi connectivity index (χ2v) is 4.67. The normalized spacial score (nSPS) is 10.6. The summed E-state index contributed by atoms with van der Waals surface area (Å²) in [5, 5.41) is 4.19. The van der Waals surface area contributed by atoms with Gasteiger partial charge in [-0.3, -0.25) is 14.5 Å². The maximum absolute atomic E-state index is 11.8. The third kappa shape index (κ3) is 3.14. The molecular formula is C14H18N4O2. The van der Waals surface area contributed by atoms with Crippen LogP contribution in [0.15, 0.2) is 18.2 Å². The fraction of sp³-hybridized carbons (Fsp3) is 0.357. The quantitative estimate of drug-likeness (QED) is 0.855. The van der Waals surface area contributed by atoms with Crippen molar-refractivity contribution in [2.45, 2.75) is 33.9 Å². The molecule has 0 amide bonds. The number of carbonyl (C=O) groups excluding carboxylic acids is 1. The first kappa shape index (κ1) is 14.0. The topological polar surface area (TPSA) is 83.0 Å². The molecule has 0 aliphatic heterocycles. The van der Waals surface area contributed by atoms with Crippen molar-refractivity contribution in [1.82, 2.24) is 14.8 Å². The minimum atomic E-state index is -0.362. The first-order valence-electron chi connectivity index (χ1n) is 6.35. The molecule has 2 N–H and O–H groups in total. The van der Waals surface area contributed by atoms with Crippen molar-refractivity contribution in [3.63, 3.8) is 0 Å². The molecule has 106 valence electrons. The Morgan fingerprint density at radius 2 is 2.10 bits per heavy atom. The molecule has 0 radical (unpaired) electrons. The summed E-state index contributed by atoms with van der Waals surface area (Å²) in [6.07, 6.45) is 0. The molecular weight excluding hydrogens is 256 g/mol. The third-order valence-corrected chi connectivity index (χ3v) is 3.04. The van der Waals surface area contributed by atoms with Crippen LogP contribution in [0.4, 0.5) is 5.69 Å². The zero-order valence-electron chi connectivity index (χ0n) is 11.9. The molecule has 6 heteroatoms. The largest absolute Gasteiger partial charge is 0.458 e. The SMILES string of the molecule is Cc1cccc(COC(=O)Cn2nc(C)c(N)c2C)n1. The lowest BCUT2D eigenvalue weighted by Gasteiger charge is -2.06. The standard InChI is InChI=1S/C14H18N4O2/c1-9-5-4-6-12(16-9)8-20-13(19)7-18-11(3)14(15)10(2)17-18/h4-6H,7-8,15H2,1-3H3. The number of nitrogens with zero attached hydrogens (tertiary/aromatic N) is 3. The number of anilines is 1. The summed E-state index contributed by atoms with van der Waals surface area (Å²) < 4.78 is 6.74. The van der Waals surface area contributed by atoms with Crippen molar-refractivity contribution < 1.29 is 9.53 Å². The Kier molecular flexibility index (Phi) is 4.02. The Morgan fingerprint density at radius 1 is 1.35 bits per heavy atom. The molecule has 0 fully saturated rings. The van der Waals surface area contributed by atoms with Crippen LogP contribution in [0.3, 0.4) is 0 Å². The Balaban J connectivity index is 1.94. The zero-order valence-corrected chi connectivity index (χ0v) is 11.9. The molecule has 0 aliphatic rings. The van der Waals surface area contributed by atoms with Gasteiger partial charge in [0.05, 0.1) is 22.8 Å². The number of hydrogen-bond acceptors (Lipinski definition) is 5. The van der Waals surface area contributed by atoms with Gasteiger partial charge in [0, 0.05) is 5.69 Å². The van der Waals surface area contributed by atoms with Crippen LogP contribution in [0, 0.1) is 20.8 Å². The van der Waals surface area contributed by atoms with Crippen molar-refractivity contribution in [3.05, 3.63) is 41.0 Å². The van der Waals surface area contributed by atoms with E-state index in [1.807, 2.05) is 32.0 Å². The Bertz CT molecular complexity index is 634. The molecule has 2 aromatic heterocycles. The molecule has 0 saturated heterocycles. The van der Waals surface area contributed by atoms with Gasteiger partial charge >= 0.3 is 5.97 Å². The molecule has 2 aromatic rings. The molecule has 2 rings (SSSR count). The smallest absolute Gasteiger partial charge is 0.328 e. The van der Waals surface area contributed by atoms with E-state index in [4.69, 9.17) is 10.5 Å². The molecule has 0 unspecified atom stereocenters. The van der Waals surface area contributed by atoms with Gasteiger partial charge in [0.2, 0.25) is 0 Å². The number of esters is 1. The average Bonchev–Trinajstić information content (AvgIpc) is 2.64. The van der Waals surface area contributed by atoms with Gasteiger partial charge in [0.15, 0.2) is 0 Å².